The Kier molecular flexibility index (Phi) is 32.7. The summed E-state index contributed by atoms with van der Waals surface area (Å²) in [5.74, 6) is -1.56. The molecule has 0 spiro atoms. The van der Waals surface area contributed by atoms with Crippen molar-refractivity contribution in [1.82, 2.24) is 0 Å². The largest absolute Gasteiger partial charge is 0.477 e. The number of likely N-dealkylation sites (N-methyl/N-ethyl adjacent to an activating group) is 1. The Morgan fingerprint density at radius 3 is 1.58 bits per heavy atom. The molecule has 0 aliphatic carbocycles. The van der Waals surface area contributed by atoms with Crippen LogP contribution < -0.4 is 0 Å². The molecular formula is C44H74NO7+. The number of aliphatic carboxylic acids is 1. The second kappa shape index (κ2) is 34.8. The molecule has 52 heavy (non-hydrogen) atoms. The van der Waals surface area contributed by atoms with E-state index in [2.05, 4.69) is 86.8 Å². The molecule has 2 atom stereocenters. The summed E-state index contributed by atoms with van der Waals surface area (Å²) in [5, 5.41) is 9.58. The molecule has 0 aliphatic rings. The van der Waals surface area contributed by atoms with E-state index in [1.54, 1.807) is 0 Å². The molecule has 0 rings (SSSR count). The monoisotopic (exact) mass is 729 g/mol. The molecular weight excluding hydrogens is 654 g/mol. The van der Waals surface area contributed by atoms with Gasteiger partial charge in [-0.05, 0) is 57.8 Å². The molecule has 8 nitrogen and oxygen atoms in total. The molecule has 0 aromatic carbocycles. The second-order valence-electron chi connectivity index (χ2n) is 14.2. The SMILES string of the molecule is CC/C=C/C/C=C/C/C=C/C/C=C/C/C=C/C/C=C/CCCC(=O)OC(COCCC(C(=O)O)[N+](C)(C)C)COC(=O)CCCCCCCCCC. The molecule has 0 saturated carbocycles. The lowest BCUT2D eigenvalue weighted by atomic mass is 10.1. The van der Waals surface area contributed by atoms with E-state index in [1.165, 1.54) is 32.1 Å². The van der Waals surface area contributed by atoms with Crippen LogP contribution in [0.4, 0.5) is 0 Å². The van der Waals surface area contributed by atoms with Crippen molar-refractivity contribution in [2.24, 2.45) is 0 Å². The summed E-state index contributed by atoms with van der Waals surface area (Å²) in [5.41, 5.74) is 0. The maximum absolute atomic E-state index is 12.6. The molecule has 0 saturated heterocycles. The van der Waals surface area contributed by atoms with Crippen LogP contribution in [0.1, 0.15) is 136 Å². The summed E-state index contributed by atoms with van der Waals surface area (Å²) in [6, 6.07) is -0.625. The molecule has 0 radical (unpaired) electrons. The van der Waals surface area contributed by atoms with Crippen molar-refractivity contribution < 1.29 is 38.2 Å². The molecule has 0 heterocycles. The van der Waals surface area contributed by atoms with Crippen LogP contribution in [-0.4, -0.2) is 80.6 Å². The number of esters is 2. The first-order valence-corrected chi connectivity index (χ1v) is 20.0. The minimum absolute atomic E-state index is 0.0351. The Labute approximate surface area is 317 Å². The minimum atomic E-state index is -0.888. The van der Waals surface area contributed by atoms with Gasteiger partial charge in [0.05, 0.1) is 34.4 Å². The van der Waals surface area contributed by atoms with Gasteiger partial charge < -0.3 is 23.8 Å². The number of carboxylic acid groups (broad SMARTS) is 1. The van der Waals surface area contributed by atoms with Gasteiger partial charge in [-0.2, -0.15) is 0 Å². The standard InChI is InChI=1S/C44H73NO7/c1-6-8-10-12-14-16-17-18-19-20-21-22-23-24-25-26-27-29-31-33-35-43(47)52-40(38-50-37-36-41(44(48)49)45(3,4)5)39-51-42(46)34-32-30-28-15-13-11-9-7-2/h8,10,14,16,18-19,21-22,24-25,27,29,40-41H,6-7,9,11-13,15,17,20,23,26,28,30-39H2,1-5H3/p+1/b10-8+,16-14+,19-18+,22-21+,25-24+,29-27+. The van der Waals surface area contributed by atoms with Crippen molar-refractivity contribution in [3.8, 4) is 0 Å². The quantitative estimate of drug-likeness (QED) is 0.0305. The van der Waals surface area contributed by atoms with Crippen molar-refractivity contribution in [3.05, 3.63) is 72.9 Å². The molecule has 296 valence electrons. The normalized spacial score (nSPS) is 13.8. The number of carbonyl (C=O) groups excluding carboxylic acids is 2. The third-order valence-corrected chi connectivity index (χ3v) is 8.37. The van der Waals surface area contributed by atoms with Crippen LogP contribution in [0.3, 0.4) is 0 Å². The Morgan fingerprint density at radius 1 is 0.596 bits per heavy atom. The number of ether oxygens (including phenoxy) is 3. The predicted octanol–water partition coefficient (Wildman–Crippen LogP) is 10.4. The zero-order valence-corrected chi connectivity index (χ0v) is 33.5. The van der Waals surface area contributed by atoms with Crippen LogP contribution in [0, 0.1) is 0 Å². The molecule has 8 heteroatoms. The van der Waals surface area contributed by atoms with Gasteiger partial charge in [-0.3, -0.25) is 9.59 Å². The highest BCUT2D eigenvalue weighted by Gasteiger charge is 2.31. The third kappa shape index (κ3) is 32.7. The van der Waals surface area contributed by atoms with E-state index in [9.17, 15) is 19.5 Å². The van der Waals surface area contributed by atoms with Crippen LogP contribution in [0.5, 0.6) is 0 Å². The lowest BCUT2D eigenvalue weighted by Crippen LogP contribution is -2.50. The Hall–Kier alpha value is -3.23. The number of nitrogens with zero attached hydrogens (tertiary/aromatic N) is 1. The van der Waals surface area contributed by atoms with E-state index in [-0.39, 0.29) is 42.7 Å². The zero-order valence-electron chi connectivity index (χ0n) is 33.5. The summed E-state index contributed by atoms with van der Waals surface area (Å²) in [4.78, 5) is 36.7. The summed E-state index contributed by atoms with van der Waals surface area (Å²) in [7, 11) is 5.49. The predicted molar refractivity (Wildman–Crippen MR) is 215 cm³/mol. The van der Waals surface area contributed by atoms with Gasteiger partial charge in [-0.15, -0.1) is 0 Å². The van der Waals surface area contributed by atoms with Gasteiger partial charge in [0.1, 0.15) is 6.61 Å². The van der Waals surface area contributed by atoms with E-state index < -0.39 is 18.1 Å². The number of rotatable bonds is 34. The molecule has 1 N–H and O–H groups in total. The van der Waals surface area contributed by atoms with Crippen molar-refractivity contribution >= 4 is 17.9 Å². The first-order valence-electron chi connectivity index (χ1n) is 20.0. The highest BCUT2D eigenvalue weighted by atomic mass is 16.6. The lowest BCUT2D eigenvalue weighted by molar-refractivity contribution is -0.887. The number of unbranched alkanes of at least 4 members (excludes halogenated alkanes) is 8. The maximum atomic E-state index is 12.6. The van der Waals surface area contributed by atoms with Gasteiger partial charge in [-0.25, -0.2) is 4.79 Å². The van der Waals surface area contributed by atoms with E-state index in [1.807, 2.05) is 21.1 Å². The highest BCUT2D eigenvalue weighted by Crippen LogP contribution is 2.12. The molecule has 0 bridgehead atoms. The smallest absolute Gasteiger partial charge is 0.362 e. The van der Waals surface area contributed by atoms with Crippen molar-refractivity contribution in [2.75, 3.05) is 41.0 Å². The van der Waals surface area contributed by atoms with Crippen LogP contribution >= 0.6 is 0 Å². The first kappa shape index (κ1) is 48.8. The second-order valence-corrected chi connectivity index (χ2v) is 14.2. The lowest BCUT2D eigenvalue weighted by Gasteiger charge is -2.31. The van der Waals surface area contributed by atoms with Gasteiger partial charge >= 0.3 is 17.9 Å². The van der Waals surface area contributed by atoms with E-state index >= 15 is 0 Å². The third-order valence-electron chi connectivity index (χ3n) is 8.37. The average Bonchev–Trinajstić information content (AvgIpc) is 3.09. The van der Waals surface area contributed by atoms with Crippen molar-refractivity contribution in [3.63, 3.8) is 0 Å². The van der Waals surface area contributed by atoms with Crippen LogP contribution in [0.15, 0.2) is 72.9 Å². The van der Waals surface area contributed by atoms with Crippen molar-refractivity contribution in [2.45, 2.75) is 148 Å². The number of carbonyl (C=O) groups is 3. The molecule has 0 fully saturated rings. The first-order chi connectivity index (χ1) is 25.1. The molecule has 0 aliphatic heterocycles. The summed E-state index contributed by atoms with van der Waals surface area (Å²) >= 11 is 0. The molecule has 0 aromatic heterocycles. The Bertz CT molecular complexity index is 1080. The number of hydrogen-bond donors (Lipinski definition) is 1. The average molecular weight is 729 g/mol. The number of allylic oxidation sites excluding steroid dienone is 12. The molecule has 2 unspecified atom stereocenters. The van der Waals surface area contributed by atoms with Gasteiger partial charge in [0.15, 0.2) is 12.1 Å². The Balaban J connectivity index is 4.48. The Morgan fingerprint density at radius 2 is 1.08 bits per heavy atom. The summed E-state index contributed by atoms with van der Waals surface area (Å²) < 4.78 is 17.1. The van der Waals surface area contributed by atoms with Crippen molar-refractivity contribution in [1.29, 1.82) is 0 Å². The van der Waals surface area contributed by atoms with E-state index in [0.717, 1.165) is 64.2 Å². The number of carboxylic acids is 1. The van der Waals surface area contributed by atoms with Crippen LogP contribution in [0.25, 0.3) is 0 Å². The minimum Gasteiger partial charge on any atom is -0.477 e. The summed E-state index contributed by atoms with van der Waals surface area (Å²) in [6.07, 6.45) is 42.5. The molecule has 0 aromatic rings. The number of hydrogen-bond acceptors (Lipinski definition) is 6. The zero-order chi connectivity index (χ0) is 38.5. The fourth-order valence-electron chi connectivity index (χ4n) is 5.28. The maximum Gasteiger partial charge on any atom is 0.362 e. The van der Waals surface area contributed by atoms with Gasteiger partial charge in [0, 0.05) is 19.3 Å². The van der Waals surface area contributed by atoms with E-state index in [4.69, 9.17) is 14.2 Å². The van der Waals surface area contributed by atoms with Gasteiger partial charge in [-0.1, -0.05) is 132 Å². The molecule has 0 amide bonds. The van der Waals surface area contributed by atoms with Gasteiger partial charge in [0.2, 0.25) is 0 Å². The summed E-state index contributed by atoms with van der Waals surface area (Å²) in [6.45, 7) is 4.50. The fraction of sp³-hybridized carbons (Fsp3) is 0.659. The van der Waals surface area contributed by atoms with E-state index in [0.29, 0.717) is 19.3 Å². The van der Waals surface area contributed by atoms with Crippen LogP contribution in [-0.2, 0) is 28.6 Å². The van der Waals surface area contributed by atoms with Gasteiger partial charge in [0.25, 0.3) is 0 Å². The van der Waals surface area contributed by atoms with Crippen LogP contribution in [0.2, 0.25) is 0 Å². The highest BCUT2D eigenvalue weighted by molar-refractivity contribution is 5.72. The number of quaternary nitrogens is 1. The fourth-order valence-corrected chi connectivity index (χ4v) is 5.28. The topological polar surface area (TPSA) is 99.1 Å².